The summed E-state index contributed by atoms with van der Waals surface area (Å²) in [7, 11) is 0. The van der Waals surface area contributed by atoms with Crippen LogP contribution in [-0.4, -0.2) is 4.57 Å². The zero-order valence-corrected chi connectivity index (χ0v) is 36.9. The third-order valence-electron chi connectivity index (χ3n) is 12.5. The van der Waals surface area contributed by atoms with Crippen molar-refractivity contribution in [2.75, 3.05) is 4.90 Å². The Kier molecular flexibility index (Phi) is 11.2. The molecule has 0 aliphatic carbocycles. The van der Waals surface area contributed by atoms with E-state index in [9.17, 15) is 0 Å². The van der Waals surface area contributed by atoms with Crippen molar-refractivity contribution in [2.24, 2.45) is 11.5 Å². The van der Waals surface area contributed by atoms with Crippen molar-refractivity contribution < 1.29 is 0 Å². The second-order valence-corrected chi connectivity index (χ2v) is 17.6. The lowest BCUT2D eigenvalue weighted by atomic mass is 9.62. The SMILES string of the molecule is CC(N)c1ccc(-n2c3ccccc3c3cc4c(cc32)Sc2ccccc2C42c3ccccc3N(c3ccccc3)c3ccccc32)cc1.Cc1ccccc1.NCc1ccccc1. The van der Waals surface area contributed by atoms with Crippen LogP contribution in [0, 0.1) is 6.92 Å². The maximum Gasteiger partial charge on any atom is 0.0764 e. The van der Waals surface area contributed by atoms with Crippen LogP contribution in [0.2, 0.25) is 0 Å². The third kappa shape index (κ3) is 7.18. The number of nitrogens with two attached hydrogens (primary N) is 2. The first kappa shape index (κ1) is 40.9. The Morgan fingerprint density at radius 3 is 1.62 bits per heavy atom. The maximum absolute atomic E-state index is 6.24. The molecule has 1 atom stereocenters. The van der Waals surface area contributed by atoms with E-state index < -0.39 is 5.41 Å². The van der Waals surface area contributed by atoms with Gasteiger partial charge in [0.15, 0.2) is 0 Å². The molecule has 9 aromatic carbocycles. The van der Waals surface area contributed by atoms with Crippen LogP contribution >= 0.6 is 11.8 Å². The van der Waals surface area contributed by atoms with E-state index in [2.05, 4.69) is 192 Å². The molecule has 1 spiro atoms. The lowest BCUT2D eigenvalue weighted by Crippen LogP contribution is -2.39. The number of nitrogens with zero attached hydrogens (tertiary/aromatic N) is 2. The number of benzene rings is 9. The highest BCUT2D eigenvalue weighted by Gasteiger charge is 2.50. The summed E-state index contributed by atoms with van der Waals surface area (Å²) in [4.78, 5) is 5.01. The maximum atomic E-state index is 6.24. The second kappa shape index (κ2) is 17.5. The predicted octanol–water partition coefficient (Wildman–Crippen LogP) is 14.6. The number of rotatable bonds is 4. The van der Waals surface area contributed by atoms with E-state index in [0.717, 1.165) is 16.9 Å². The normalized spacial score (nSPS) is 13.3. The van der Waals surface area contributed by atoms with Crippen molar-refractivity contribution in [3.63, 3.8) is 0 Å². The van der Waals surface area contributed by atoms with E-state index in [1.165, 1.54) is 76.4 Å². The summed E-state index contributed by atoms with van der Waals surface area (Å²) in [5.41, 5.74) is 27.1. The topological polar surface area (TPSA) is 60.2 Å². The molecule has 0 saturated carbocycles. The van der Waals surface area contributed by atoms with Gasteiger partial charge in [0.05, 0.1) is 27.8 Å². The molecule has 4 nitrogen and oxygen atoms in total. The van der Waals surface area contributed by atoms with Gasteiger partial charge < -0.3 is 20.9 Å². The Bertz CT molecular complexity index is 3160. The van der Waals surface area contributed by atoms with Crippen molar-refractivity contribution in [1.29, 1.82) is 0 Å². The highest BCUT2D eigenvalue weighted by atomic mass is 32.2. The van der Waals surface area contributed by atoms with Gasteiger partial charge in [-0.15, -0.1) is 0 Å². The number of hydrogen-bond donors (Lipinski definition) is 2. The van der Waals surface area contributed by atoms with Crippen LogP contribution in [0.25, 0.3) is 27.5 Å². The zero-order valence-electron chi connectivity index (χ0n) is 36.1. The minimum atomic E-state index is -0.522. The highest BCUT2D eigenvalue weighted by molar-refractivity contribution is 7.99. The number of para-hydroxylation sites is 4. The molecule has 2 aliphatic rings. The molecule has 3 heterocycles. The van der Waals surface area contributed by atoms with Gasteiger partial charge in [0.1, 0.15) is 0 Å². The lowest BCUT2D eigenvalue weighted by Gasteiger charge is -2.49. The fourth-order valence-electron chi connectivity index (χ4n) is 9.54. The molecular formula is C59H50N4S. The average molecular weight is 847 g/mol. The second-order valence-electron chi connectivity index (χ2n) is 16.5. The molecule has 0 saturated heterocycles. The van der Waals surface area contributed by atoms with Crippen LogP contribution in [0.5, 0.6) is 0 Å². The summed E-state index contributed by atoms with van der Waals surface area (Å²) in [6, 6.07) is 80.6. The van der Waals surface area contributed by atoms with Gasteiger partial charge in [0, 0.05) is 44.5 Å². The van der Waals surface area contributed by atoms with Crippen molar-refractivity contribution in [2.45, 2.75) is 41.6 Å². The van der Waals surface area contributed by atoms with Gasteiger partial charge in [-0.05, 0) is 108 Å². The molecule has 64 heavy (non-hydrogen) atoms. The van der Waals surface area contributed by atoms with Crippen LogP contribution in [0.15, 0.2) is 234 Å². The van der Waals surface area contributed by atoms with Gasteiger partial charge in [-0.3, -0.25) is 0 Å². The number of aryl methyl sites for hydroxylation is 1. The van der Waals surface area contributed by atoms with Crippen molar-refractivity contribution in [3.05, 3.63) is 263 Å². The van der Waals surface area contributed by atoms with Crippen molar-refractivity contribution >= 4 is 50.6 Å². The van der Waals surface area contributed by atoms with Crippen molar-refractivity contribution in [3.8, 4) is 5.69 Å². The monoisotopic (exact) mass is 846 g/mol. The first-order valence-electron chi connectivity index (χ1n) is 22.0. The van der Waals surface area contributed by atoms with Gasteiger partial charge in [0.25, 0.3) is 0 Å². The number of hydrogen-bond acceptors (Lipinski definition) is 4. The molecule has 4 N–H and O–H groups in total. The number of anilines is 3. The van der Waals surface area contributed by atoms with Gasteiger partial charge in [-0.1, -0.05) is 181 Å². The standard InChI is InChI=1S/C45H33N3S.C7H9N.C7H8/c1-29(46)30-23-25-32(26-24-30)47-39-19-9-5-15-33(39)34-27-38-44(28-42(34)47)49-43-22-12-8-18-37(43)45(38)35-16-6-10-20-40(35)48(31-13-3-2-4-14-31)41-21-11-7-17-36(41)45;8-6-7-4-2-1-3-5-7;1-7-5-3-2-4-6-7/h2-29H,46H2,1H3;1-5H,6,8H2;2-6H,1H3. The Labute approximate surface area is 380 Å². The quantitative estimate of drug-likeness (QED) is 0.185. The highest BCUT2D eigenvalue weighted by Crippen LogP contribution is 2.63. The van der Waals surface area contributed by atoms with E-state index in [0.29, 0.717) is 6.54 Å². The lowest BCUT2D eigenvalue weighted by molar-refractivity contribution is 0.693. The largest absolute Gasteiger partial charge is 0.326 e. The van der Waals surface area contributed by atoms with E-state index in [-0.39, 0.29) is 6.04 Å². The summed E-state index contributed by atoms with van der Waals surface area (Å²) in [5.74, 6) is 0. The summed E-state index contributed by atoms with van der Waals surface area (Å²) in [6.45, 7) is 4.76. The Balaban J connectivity index is 0.000000274. The summed E-state index contributed by atoms with van der Waals surface area (Å²) in [5, 5.41) is 2.50. The summed E-state index contributed by atoms with van der Waals surface area (Å²) in [6.07, 6.45) is 0. The van der Waals surface area contributed by atoms with Gasteiger partial charge >= 0.3 is 0 Å². The van der Waals surface area contributed by atoms with Crippen molar-refractivity contribution in [1.82, 2.24) is 4.57 Å². The molecule has 10 aromatic rings. The zero-order chi connectivity index (χ0) is 43.6. The molecule has 1 aromatic heterocycles. The molecule has 12 rings (SSSR count). The fourth-order valence-corrected chi connectivity index (χ4v) is 10.7. The van der Waals surface area contributed by atoms with Gasteiger partial charge in [0.2, 0.25) is 0 Å². The third-order valence-corrected chi connectivity index (χ3v) is 13.6. The molecule has 0 bridgehead atoms. The van der Waals surface area contributed by atoms with Gasteiger partial charge in [-0.25, -0.2) is 0 Å². The van der Waals surface area contributed by atoms with Crippen LogP contribution < -0.4 is 16.4 Å². The molecule has 1 unspecified atom stereocenters. The molecule has 5 heteroatoms. The first-order valence-corrected chi connectivity index (χ1v) is 22.8. The Morgan fingerprint density at radius 1 is 0.484 bits per heavy atom. The molecule has 0 amide bonds. The molecule has 312 valence electrons. The summed E-state index contributed by atoms with van der Waals surface area (Å²) < 4.78 is 2.42. The van der Waals surface area contributed by atoms with Gasteiger partial charge in [-0.2, -0.15) is 0 Å². The van der Waals surface area contributed by atoms with Crippen LogP contribution in [0.4, 0.5) is 17.1 Å². The minimum absolute atomic E-state index is 0.00839. The fraction of sp³-hybridized carbons (Fsp3) is 0.0847. The summed E-state index contributed by atoms with van der Waals surface area (Å²) >= 11 is 1.89. The Hall–Kier alpha value is -7.15. The smallest absolute Gasteiger partial charge is 0.0764 e. The molecule has 0 fully saturated rings. The Morgan fingerprint density at radius 2 is 1.03 bits per heavy atom. The number of aromatic nitrogens is 1. The first-order chi connectivity index (χ1) is 31.5. The van der Waals surface area contributed by atoms with E-state index >= 15 is 0 Å². The minimum Gasteiger partial charge on any atom is -0.326 e. The van der Waals surface area contributed by atoms with Crippen LogP contribution in [0.3, 0.4) is 0 Å². The van der Waals surface area contributed by atoms with Crippen LogP contribution in [0.1, 0.15) is 51.9 Å². The number of fused-ring (bicyclic) bond motifs is 11. The average Bonchev–Trinajstić information content (AvgIpc) is 3.67. The van der Waals surface area contributed by atoms with E-state index in [4.69, 9.17) is 11.5 Å². The predicted molar refractivity (Wildman–Crippen MR) is 270 cm³/mol. The molecule has 0 radical (unpaired) electrons. The van der Waals surface area contributed by atoms with Crippen LogP contribution in [-0.2, 0) is 12.0 Å². The van der Waals surface area contributed by atoms with E-state index in [1.807, 2.05) is 67.2 Å². The molecular weight excluding hydrogens is 797 g/mol. The molecule has 2 aliphatic heterocycles. The van der Waals surface area contributed by atoms with E-state index in [1.54, 1.807) is 0 Å².